The van der Waals surface area contributed by atoms with Crippen LogP contribution in [0.5, 0.6) is 5.75 Å². The van der Waals surface area contributed by atoms with Gasteiger partial charge in [0, 0.05) is 13.1 Å². The lowest BCUT2D eigenvalue weighted by Crippen LogP contribution is -2.32. The molecule has 1 aliphatic heterocycles. The van der Waals surface area contributed by atoms with Crippen molar-refractivity contribution in [2.75, 3.05) is 20.2 Å². The average Bonchev–Trinajstić information content (AvgIpc) is 2.67. The van der Waals surface area contributed by atoms with Crippen LogP contribution in [0.15, 0.2) is 29.2 Å². The molecule has 0 radical (unpaired) electrons. The van der Waals surface area contributed by atoms with Gasteiger partial charge in [-0.25, -0.2) is 0 Å². The Morgan fingerprint density at radius 2 is 2.25 bits per heavy atom. The number of hydrogen-bond donors (Lipinski definition) is 1. The second kappa shape index (κ2) is 7.64. The summed E-state index contributed by atoms with van der Waals surface area (Å²) < 4.78 is 5.71. The molecule has 4 nitrogen and oxygen atoms in total. The summed E-state index contributed by atoms with van der Waals surface area (Å²) in [5.41, 5.74) is 6.38. The van der Waals surface area contributed by atoms with Gasteiger partial charge in [-0.3, -0.25) is 9.69 Å². The van der Waals surface area contributed by atoms with E-state index in [2.05, 4.69) is 0 Å². The van der Waals surface area contributed by atoms with Crippen molar-refractivity contribution in [3.8, 4) is 5.75 Å². The van der Waals surface area contributed by atoms with Crippen LogP contribution >= 0.6 is 36.4 Å². The van der Waals surface area contributed by atoms with E-state index in [0.717, 1.165) is 11.3 Å². The molecule has 1 heterocycles. The number of ether oxygens (including phenoxy) is 1. The molecule has 1 amide bonds. The SMILES string of the molecule is COc1cccc(/C=C2/SC(=S)N(CCN)C2=O)c1.Cl. The fourth-order valence-electron chi connectivity index (χ4n) is 1.70. The lowest BCUT2D eigenvalue weighted by Gasteiger charge is -2.11. The van der Waals surface area contributed by atoms with E-state index < -0.39 is 0 Å². The van der Waals surface area contributed by atoms with Crippen LogP contribution in [0, 0.1) is 0 Å². The fourth-order valence-corrected chi connectivity index (χ4v) is 3.01. The summed E-state index contributed by atoms with van der Waals surface area (Å²) in [6, 6.07) is 7.52. The van der Waals surface area contributed by atoms with E-state index in [1.54, 1.807) is 7.11 Å². The van der Waals surface area contributed by atoms with Crippen LogP contribution in [0.2, 0.25) is 0 Å². The highest BCUT2D eigenvalue weighted by Gasteiger charge is 2.31. The van der Waals surface area contributed by atoms with Crippen LogP contribution in [0.1, 0.15) is 5.56 Å². The van der Waals surface area contributed by atoms with Gasteiger partial charge in [-0.05, 0) is 23.8 Å². The van der Waals surface area contributed by atoms with Gasteiger partial charge in [0.1, 0.15) is 10.1 Å². The summed E-state index contributed by atoms with van der Waals surface area (Å²) in [5.74, 6) is 0.675. The van der Waals surface area contributed by atoms with Gasteiger partial charge in [-0.1, -0.05) is 36.1 Å². The number of rotatable bonds is 4. The smallest absolute Gasteiger partial charge is 0.266 e. The van der Waals surface area contributed by atoms with E-state index >= 15 is 0 Å². The largest absolute Gasteiger partial charge is 0.497 e. The molecule has 20 heavy (non-hydrogen) atoms. The molecule has 0 aromatic heterocycles. The van der Waals surface area contributed by atoms with Crippen molar-refractivity contribution in [3.05, 3.63) is 34.7 Å². The number of halogens is 1. The van der Waals surface area contributed by atoms with E-state index in [9.17, 15) is 4.79 Å². The molecule has 0 atom stereocenters. The molecule has 0 saturated carbocycles. The maximum Gasteiger partial charge on any atom is 0.266 e. The quantitative estimate of drug-likeness (QED) is 0.678. The van der Waals surface area contributed by atoms with Gasteiger partial charge in [-0.15, -0.1) is 12.4 Å². The van der Waals surface area contributed by atoms with Gasteiger partial charge in [0.05, 0.1) is 12.0 Å². The monoisotopic (exact) mass is 330 g/mol. The van der Waals surface area contributed by atoms with Crippen LogP contribution in [0.4, 0.5) is 0 Å². The van der Waals surface area contributed by atoms with Crippen molar-refractivity contribution in [2.45, 2.75) is 0 Å². The van der Waals surface area contributed by atoms with E-state index in [0.29, 0.717) is 22.3 Å². The van der Waals surface area contributed by atoms with Crippen molar-refractivity contribution in [1.82, 2.24) is 4.90 Å². The molecule has 1 aliphatic rings. The maximum atomic E-state index is 12.1. The highest BCUT2D eigenvalue weighted by molar-refractivity contribution is 8.26. The number of nitrogens with two attached hydrogens (primary N) is 1. The van der Waals surface area contributed by atoms with Gasteiger partial charge in [0.15, 0.2) is 0 Å². The Labute approximate surface area is 133 Å². The molecule has 108 valence electrons. The minimum Gasteiger partial charge on any atom is -0.497 e. The average molecular weight is 331 g/mol. The van der Waals surface area contributed by atoms with Crippen LogP contribution in [0.3, 0.4) is 0 Å². The first-order valence-electron chi connectivity index (χ1n) is 5.75. The Balaban J connectivity index is 0.00000200. The van der Waals surface area contributed by atoms with Gasteiger partial charge in [-0.2, -0.15) is 0 Å². The van der Waals surface area contributed by atoms with E-state index in [1.165, 1.54) is 16.7 Å². The topological polar surface area (TPSA) is 55.6 Å². The molecule has 7 heteroatoms. The molecule has 0 spiro atoms. The first kappa shape index (κ1) is 17.0. The van der Waals surface area contributed by atoms with Gasteiger partial charge >= 0.3 is 0 Å². The molecular weight excluding hydrogens is 316 g/mol. The lowest BCUT2D eigenvalue weighted by molar-refractivity contribution is -0.122. The van der Waals surface area contributed by atoms with Crippen LogP contribution in [-0.4, -0.2) is 35.3 Å². The summed E-state index contributed by atoms with van der Waals surface area (Å²) in [5, 5.41) is 0. The number of thiocarbonyl (C=S) groups is 1. The Kier molecular flexibility index (Phi) is 6.48. The van der Waals surface area contributed by atoms with Crippen LogP contribution in [0.25, 0.3) is 6.08 Å². The Morgan fingerprint density at radius 3 is 2.90 bits per heavy atom. The maximum absolute atomic E-state index is 12.1. The number of carbonyl (C=O) groups excluding carboxylic acids is 1. The molecule has 1 saturated heterocycles. The summed E-state index contributed by atoms with van der Waals surface area (Å²) in [7, 11) is 1.61. The number of carbonyl (C=O) groups is 1. The van der Waals surface area contributed by atoms with Gasteiger partial charge in [0.25, 0.3) is 5.91 Å². The summed E-state index contributed by atoms with van der Waals surface area (Å²) >= 11 is 6.47. The Morgan fingerprint density at radius 1 is 1.50 bits per heavy atom. The molecular formula is C13H15ClN2O2S2. The second-order valence-electron chi connectivity index (χ2n) is 3.90. The molecule has 2 rings (SSSR count). The van der Waals surface area contributed by atoms with Crippen molar-refractivity contribution >= 4 is 52.7 Å². The number of amides is 1. The predicted octanol–water partition coefficient (Wildman–Crippen LogP) is 2.28. The number of nitrogens with zero attached hydrogens (tertiary/aromatic N) is 1. The van der Waals surface area contributed by atoms with Gasteiger partial charge < -0.3 is 10.5 Å². The van der Waals surface area contributed by atoms with Crippen molar-refractivity contribution < 1.29 is 9.53 Å². The third-order valence-electron chi connectivity index (χ3n) is 2.62. The molecule has 1 aromatic rings. The van der Waals surface area contributed by atoms with E-state index in [-0.39, 0.29) is 18.3 Å². The molecule has 0 aliphatic carbocycles. The summed E-state index contributed by atoms with van der Waals surface area (Å²) in [6.07, 6.45) is 1.82. The zero-order chi connectivity index (χ0) is 13.8. The van der Waals surface area contributed by atoms with E-state index in [1.807, 2.05) is 30.3 Å². The first-order chi connectivity index (χ1) is 9.15. The third-order valence-corrected chi connectivity index (χ3v) is 4.00. The van der Waals surface area contributed by atoms with Crippen molar-refractivity contribution in [3.63, 3.8) is 0 Å². The standard InChI is InChI=1S/C13H14N2O2S2.ClH/c1-17-10-4-2-3-9(7-10)8-11-12(16)15(6-5-14)13(18)19-11;/h2-4,7-8H,5-6,14H2,1H3;1H/b11-8+;. The molecule has 1 aromatic carbocycles. The molecule has 1 fully saturated rings. The highest BCUT2D eigenvalue weighted by atomic mass is 35.5. The van der Waals surface area contributed by atoms with Crippen LogP contribution < -0.4 is 10.5 Å². The van der Waals surface area contributed by atoms with Gasteiger partial charge in [0.2, 0.25) is 0 Å². The molecule has 0 bridgehead atoms. The molecule has 2 N–H and O–H groups in total. The zero-order valence-corrected chi connectivity index (χ0v) is 13.3. The number of hydrogen-bond acceptors (Lipinski definition) is 5. The predicted molar refractivity (Wildman–Crippen MR) is 89.2 cm³/mol. The Hall–Kier alpha value is -1.08. The fraction of sp³-hybridized carbons (Fsp3) is 0.231. The summed E-state index contributed by atoms with van der Waals surface area (Å²) in [6.45, 7) is 0.860. The first-order valence-corrected chi connectivity index (χ1v) is 6.97. The highest BCUT2D eigenvalue weighted by Crippen LogP contribution is 2.32. The number of benzene rings is 1. The Bertz CT molecular complexity index is 549. The second-order valence-corrected chi connectivity index (χ2v) is 5.57. The summed E-state index contributed by atoms with van der Waals surface area (Å²) in [4.78, 5) is 14.3. The van der Waals surface area contributed by atoms with E-state index in [4.69, 9.17) is 22.7 Å². The van der Waals surface area contributed by atoms with Crippen molar-refractivity contribution in [2.24, 2.45) is 5.73 Å². The minimum absolute atomic E-state index is 0. The number of thioether (sulfide) groups is 1. The third kappa shape index (κ3) is 3.73. The van der Waals surface area contributed by atoms with Crippen molar-refractivity contribution in [1.29, 1.82) is 0 Å². The normalized spacial score (nSPS) is 16.5. The molecule has 0 unspecified atom stereocenters. The zero-order valence-electron chi connectivity index (χ0n) is 10.9. The minimum atomic E-state index is -0.0803. The van der Waals surface area contributed by atoms with Crippen LogP contribution in [-0.2, 0) is 4.79 Å². The number of methoxy groups -OCH3 is 1. The lowest BCUT2D eigenvalue weighted by atomic mass is 10.2.